The van der Waals surface area contributed by atoms with Gasteiger partial charge in [-0.3, -0.25) is 19.2 Å². The second kappa shape index (κ2) is 10.9. The molecule has 0 N–H and O–H groups in total. The van der Waals surface area contributed by atoms with Gasteiger partial charge in [0, 0.05) is 17.0 Å². The first-order valence-corrected chi connectivity index (χ1v) is 14.0. The molecule has 2 fully saturated rings. The van der Waals surface area contributed by atoms with Crippen LogP contribution < -0.4 is 0 Å². The molecule has 0 bridgehead atoms. The third-order valence-corrected chi connectivity index (χ3v) is 7.81. The van der Waals surface area contributed by atoms with Gasteiger partial charge in [-0.1, -0.05) is 23.7 Å². The SMILES string of the molecule is CC(C)(C)OC(=O)N1C[C@@H](N2C(=O)SC(=Cc3ccc4c(cnn4Cc4ccc(Cl)cc4C(F)(F)F)c3)C2=O)[C@@H](F)C1. The molecule has 0 aliphatic carbocycles. The van der Waals surface area contributed by atoms with E-state index in [4.69, 9.17) is 16.3 Å². The van der Waals surface area contributed by atoms with Crippen LogP contribution in [0.3, 0.4) is 0 Å². The number of likely N-dealkylation sites (tertiary alicyclic amines) is 1. The van der Waals surface area contributed by atoms with Gasteiger partial charge in [0.05, 0.1) is 41.3 Å². The fourth-order valence-electron chi connectivity index (χ4n) is 4.82. The highest BCUT2D eigenvalue weighted by Gasteiger charge is 2.48. The van der Waals surface area contributed by atoms with Gasteiger partial charge in [-0.25, -0.2) is 9.18 Å². The zero-order chi connectivity index (χ0) is 30.6. The normalized spacial score (nSPS) is 20.8. The summed E-state index contributed by atoms with van der Waals surface area (Å²) in [6.45, 7) is 4.40. The third kappa shape index (κ3) is 6.12. The number of carbonyl (C=O) groups excluding carboxylic acids is 3. The van der Waals surface area contributed by atoms with Crippen LogP contribution in [-0.2, 0) is 22.3 Å². The summed E-state index contributed by atoms with van der Waals surface area (Å²) in [5, 5.41) is 4.15. The monoisotopic (exact) mass is 624 g/mol. The van der Waals surface area contributed by atoms with Crippen LogP contribution in [0.2, 0.25) is 5.02 Å². The van der Waals surface area contributed by atoms with Crippen LogP contribution in [0.4, 0.5) is 27.2 Å². The standard InChI is InChI=1S/C28H25ClF4N4O4S/c1-27(2,3)41-25(39)35-13-20(30)22(14-35)37-24(38)23(42-26(37)40)9-15-4-7-21-17(8-15)11-34-36(21)12-16-5-6-18(29)10-19(16)28(31,32)33/h4-11,20,22H,12-14H2,1-3H3/t20-,22+/m0/s1. The molecule has 0 saturated carbocycles. The molecule has 3 aromatic rings. The maximum absolute atomic E-state index is 14.9. The molecule has 1 aromatic heterocycles. The second-order valence-electron chi connectivity index (χ2n) is 10.9. The number of amides is 3. The Hall–Kier alpha value is -3.58. The first kappa shape index (κ1) is 29.9. The van der Waals surface area contributed by atoms with Gasteiger partial charge in [0.15, 0.2) is 0 Å². The Morgan fingerprint density at radius 2 is 1.88 bits per heavy atom. The number of rotatable bonds is 4. The minimum Gasteiger partial charge on any atom is -0.444 e. The van der Waals surface area contributed by atoms with E-state index in [2.05, 4.69) is 5.10 Å². The lowest BCUT2D eigenvalue weighted by Gasteiger charge is -2.25. The number of ether oxygens (including phenoxy) is 1. The minimum atomic E-state index is -4.59. The summed E-state index contributed by atoms with van der Waals surface area (Å²) >= 11 is 6.44. The van der Waals surface area contributed by atoms with Gasteiger partial charge in [-0.05, 0) is 74.0 Å². The van der Waals surface area contributed by atoms with Crippen molar-refractivity contribution >= 4 is 57.6 Å². The number of hydrogen-bond donors (Lipinski definition) is 0. The van der Waals surface area contributed by atoms with Crippen LogP contribution in [-0.4, -0.2) is 67.7 Å². The van der Waals surface area contributed by atoms with Gasteiger partial charge in [0.1, 0.15) is 11.8 Å². The van der Waals surface area contributed by atoms with Crippen molar-refractivity contribution in [1.82, 2.24) is 19.6 Å². The molecule has 2 aliphatic rings. The smallest absolute Gasteiger partial charge is 0.416 e. The number of fused-ring (bicyclic) bond motifs is 1. The number of aromatic nitrogens is 2. The molecular weight excluding hydrogens is 600 g/mol. The number of imide groups is 1. The van der Waals surface area contributed by atoms with Crippen molar-refractivity contribution in [3.05, 3.63) is 69.2 Å². The number of hydrogen-bond acceptors (Lipinski definition) is 6. The van der Waals surface area contributed by atoms with Crippen LogP contribution in [0.25, 0.3) is 17.0 Å². The highest BCUT2D eigenvalue weighted by atomic mass is 35.5. The van der Waals surface area contributed by atoms with E-state index in [1.54, 1.807) is 39.0 Å². The van der Waals surface area contributed by atoms with Crippen LogP contribution >= 0.6 is 23.4 Å². The molecule has 0 radical (unpaired) electrons. The molecule has 14 heteroatoms. The lowest BCUT2D eigenvalue weighted by atomic mass is 10.1. The molecular formula is C28H25ClF4N4O4S. The summed E-state index contributed by atoms with van der Waals surface area (Å²) in [7, 11) is 0. The van der Waals surface area contributed by atoms with Crippen molar-refractivity contribution in [3.8, 4) is 0 Å². The lowest BCUT2D eigenvalue weighted by Crippen LogP contribution is -2.45. The summed E-state index contributed by atoms with van der Waals surface area (Å²) in [6.07, 6.45) is -3.98. The molecule has 0 unspecified atom stereocenters. The van der Waals surface area contributed by atoms with Gasteiger partial charge in [0.2, 0.25) is 0 Å². The van der Waals surface area contributed by atoms with E-state index in [-0.39, 0.29) is 35.1 Å². The molecule has 2 aliphatic heterocycles. The predicted molar refractivity (Wildman–Crippen MR) is 150 cm³/mol. The van der Waals surface area contributed by atoms with Gasteiger partial charge in [-0.15, -0.1) is 0 Å². The first-order valence-electron chi connectivity index (χ1n) is 12.8. The minimum absolute atomic E-state index is 0.00188. The Labute approximate surface area is 247 Å². The maximum atomic E-state index is 14.9. The highest BCUT2D eigenvalue weighted by molar-refractivity contribution is 8.18. The molecule has 5 rings (SSSR count). The molecule has 8 nitrogen and oxygen atoms in total. The number of halogens is 5. The summed E-state index contributed by atoms with van der Waals surface area (Å²) in [5.41, 5.74) is -0.549. The summed E-state index contributed by atoms with van der Waals surface area (Å²) in [5.74, 6) is -0.679. The van der Waals surface area contributed by atoms with E-state index in [0.29, 0.717) is 28.2 Å². The van der Waals surface area contributed by atoms with Crippen molar-refractivity contribution in [2.45, 2.75) is 51.3 Å². The average Bonchev–Trinajstić information content (AvgIpc) is 3.53. The molecule has 3 heterocycles. The van der Waals surface area contributed by atoms with Crippen LogP contribution in [0.15, 0.2) is 47.5 Å². The van der Waals surface area contributed by atoms with Gasteiger partial charge >= 0.3 is 12.3 Å². The van der Waals surface area contributed by atoms with Gasteiger partial charge in [-0.2, -0.15) is 18.3 Å². The summed E-state index contributed by atoms with van der Waals surface area (Å²) in [4.78, 5) is 40.4. The topological polar surface area (TPSA) is 84.7 Å². The van der Waals surface area contributed by atoms with Crippen molar-refractivity contribution in [2.75, 3.05) is 13.1 Å². The quantitative estimate of drug-likeness (QED) is 0.236. The zero-order valence-corrected chi connectivity index (χ0v) is 24.2. The predicted octanol–water partition coefficient (Wildman–Crippen LogP) is 6.75. The maximum Gasteiger partial charge on any atom is 0.416 e. The van der Waals surface area contributed by atoms with Gasteiger partial charge < -0.3 is 9.64 Å². The van der Waals surface area contributed by atoms with E-state index in [1.165, 1.54) is 29.1 Å². The molecule has 42 heavy (non-hydrogen) atoms. The average molecular weight is 625 g/mol. The fourth-order valence-corrected chi connectivity index (χ4v) is 5.87. The number of carbonyl (C=O) groups is 3. The number of alkyl halides is 4. The van der Waals surface area contributed by atoms with Gasteiger partial charge in [0.25, 0.3) is 11.1 Å². The molecule has 2 saturated heterocycles. The molecule has 2 aromatic carbocycles. The Bertz CT molecular complexity index is 1620. The Morgan fingerprint density at radius 1 is 1.14 bits per heavy atom. The summed E-state index contributed by atoms with van der Waals surface area (Å²) < 4.78 is 62.3. The molecule has 3 amide bonds. The Kier molecular flexibility index (Phi) is 7.77. The Balaban J connectivity index is 1.34. The van der Waals surface area contributed by atoms with Crippen LogP contribution in [0.1, 0.15) is 37.5 Å². The summed E-state index contributed by atoms with van der Waals surface area (Å²) in [6, 6.07) is 7.38. The third-order valence-electron chi connectivity index (χ3n) is 6.69. The van der Waals surface area contributed by atoms with Crippen molar-refractivity contribution in [2.24, 2.45) is 0 Å². The lowest BCUT2D eigenvalue weighted by molar-refractivity contribution is -0.138. The van der Waals surface area contributed by atoms with E-state index >= 15 is 0 Å². The number of benzene rings is 2. The number of thioether (sulfide) groups is 1. The van der Waals surface area contributed by atoms with Crippen LogP contribution in [0, 0.1) is 0 Å². The number of nitrogens with zero attached hydrogens (tertiary/aromatic N) is 4. The molecule has 2 atom stereocenters. The highest BCUT2D eigenvalue weighted by Crippen LogP contribution is 2.37. The first-order chi connectivity index (χ1) is 19.6. The van der Waals surface area contributed by atoms with E-state index < -0.39 is 46.8 Å². The second-order valence-corrected chi connectivity index (χ2v) is 12.4. The van der Waals surface area contributed by atoms with Crippen molar-refractivity contribution < 1.29 is 36.7 Å². The van der Waals surface area contributed by atoms with Crippen molar-refractivity contribution in [3.63, 3.8) is 0 Å². The van der Waals surface area contributed by atoms with Crippen molar-refractivity contribution in [1.29, 1.82) is 0 Å². The molecule has 0 spiro atoms. The largest absolute Gasteiger partial charge is 0.444 e. The van der Waals surface area contributed by atoms with E-state index in [9.17, 15) is 31.9 Å². The molecule has 222 valence electrons. The Morgan fingerprint density at radius 3 is 2.57 bits per heavy atom. The fraction of sp³-hybridized carbons (Fsp3) is 0.357. The van der Waals surface area contributed by atoms with E-state index in [0.717, 1.165) is 15.9 Å². The zero-order valence-electron chi connectivity index (χ0n) is 22.6. The van der Waals surface area contributed by atoms with Crippen LogP contribution in [0.5, 0.6) is 0 Å². The van der Waals surface area contributed by atoms with E-state index in [1.807, 2.05) is 0 Å².